The number of hydrogen-bond donors (Lipinski definition) is 2. The topological polar surface area (TPSA) is 74.2 Å². The van der Waals surface area contributed by atoms with E-state index in [2.05, 4.69) is 4.98 Å². The summed E-state index contributed by atoms with van der Waals surface area (Å²) in [7, 11) is 1.66. The number of rotatable bonds is 2. The van der Waals surface area contributed by atoms with E-state index in [1.165, 1.54) is 11.3 Å². The molecule has 4 N–H and O–H groups in total. The van der Waals surface area contributed by atoms with Gasteiger partial charge in [-0.3, -0.25) is 0 Å². The van der Waals surface area contributed by atoms with Gasteiger partial charge in [-0.15, -0.1) is 0 Å². The molecule has 0 saturated carbocycles. The van der Waals surface area contributed by atoms with Crippen LogP contribution in [0.2, 0.25) is 0 Å². The highest BCUT2D eigenvalue weighted by Crippen LogP contribution is 2.36. The molecule has 0 radical (unpaired) electrons. The summed E-state index contributed by atoms with van der Waals surface area (Å²) in [6.07, 6.45) is 0. The van der Waals surface area contributed by atoms with Gasteiger partial charge in [-0.1, -0.05) is 11.3 Å². The van der Waals surface area contributed by atoms with Crippen molar-refractivity contribution in [3.8, 4) is 17.0 Å². The number of nitrogen functional groups attached to an aromatic ring is 2. The van der Waals surface area contributed by atoms with Crippen LogP contribution in [0.4, 0.5) is 10.1 Å². The largest absolute Gasteiger partial charge is 0.496 e. The number of benzene rings is 1. The Hall–Kier alpha value is -1.75. The molecule has 0 spiro atoms. The van der Waals surface area contributed by atoms with Crippen molar-refractivity contribution < 1.29 is 4.74 Å². The predicted octanol–water partition coefficient (Wildman–Crippen LogP) is 2.60. The van der Waals surface area contributed by atoms with Gasteiger partial charge >= 0.3 is 0 Å². The molecular formula is C12H15N3OS. The van der Waals surface area contributed by atoms with Crippen LogP contribution in [-0.4, -0.2) is 12.1 Å². The van der Waals surface area contributed by atoms with E-state index < -0.39 is 0 Å². The van der Waals surface area contributed by atoms with Crippen LogP contribution in [0.25, 0.3) is 11.3 Å². The zero-order valence-corrected chi connectivity index (χ0v) is 10.9. The monoisotopic (exact) mass is 249 g/mol. The average molecular weight is 249 g/mol. The van der Waals surface area contributed by atoms with Gasteiger partial charge in [-0.25, -0.2) is 4.98 Å². The Morgan fingerprint density at radius 2 is 1.88 bits per heavy atom. The lowest BCUT2D eigenvalue weighted by molar-refractivity contribution is 0.411. The van der Waals surface area contributed by atoms with Gasteiger partial charge < -0.3 is 16.2 Å². The second-order valence-corrected chi connectivity index (χ2v) is 4.96. The smallest absolute Gasteiger partial charge is 0.182 e. The molecule has 0 unspecified atom stereocenters. The molecule has 0 fully saturated rings. The molecule has 17 heavy (non-hydrogen) atoms. The molecule has 2 aromatic rings. The van der Waals surface area contributed by atoms with Gasteiger partial charge in [-0.05, 0) is 37.1 Å². The highest BCUT2D eigenvalue weighted by Gasteiger charge is 2.13. The van der Waals surface area contributed by atoms with Crippen LogP contribution in [-0.2, 0) is 0 Å². The molecule has 0 saturated heterocycles. The second-order valence-electron chi connectivity index (χ2n) is 3.90. The number of thiazole rings is 1. The first-order chi connectivity index (χ1) is 8.02. The Kier molecular flexibility index (Phi) is 2.93. The number of hydrogen-bond acceptors (Lipinski definition) is 5. The summed E-state index contributed by atoms with van der Waals surface area (Å²) in [5, 5.41) is 1.14. The van der Waals surface area contributed by atoms with Crippen LogP contribution in [0, 0.1) is 13.8 Å². The summed E-state index contributed by atoms with van der Waals surface area (Å²) in [4.78, 5) is 4.27. The summed E-state index contributed by atoms with van der Waals surface area (Å²) in [5.41, 5.74) is 15.5. The maximum Gasteiger partial charge on any atom is 0.182 e. The summed E-state index contributed by atoms with van der Waals surface area (Å²) >= 11 is 1.30. The van der Waals surface area contributed by atoms with E-state index in [1.807, 2.05) is 26.0 Å². The van der Waals surface area contributed by atoms with Crippen LogP contribution in [0.1, 0.15) is 11.1 Å². The van der Waals surface area contributed by atoms with Gasteiger partial charge in [0.25, 0.3) is 0 Å². The lowest BCUT2D eigenvalue weighted by Crippen LogP contribution is -1.94. The highest BCUT2D eigenvalue weighted by molar-refractivity contribution is 7.19. The third-order valence-corrected chi connectivity index (χ3v) is 3.38. The molecule has 0 bridgehead atoms. The molecule has 1 heterocycles. The van der Waals surface area contributed by atoms with Gasteiger partial charge in [0.05, 0.1) is 7.11 Å². The van der Waals surface area contributed by atoms with Crippen molar-refractivity contribution in [1.82, 2.24) is 4.98 Å². The SMILES string of the molecule is COc1cc(C)c(-c2nc(N)sc2N)cc1C. The Bertz CT molecular complexity index is 563. The Labute approximate surface area is 104 Å². The van der Waals surface area contributed by atoms with Gasteiger partial charge in [0.1, 0.15) is 16.4 Å². The molecule has 1 aromatic carbocycles. The second kappa shape index (κ2) is 4.25. The Morgan fingerprint density at radius 3 is 2.41 bits per heavy atom. The van der Waals surface area contributed by atoms with E-state index in [4.69, 9.17) is 16.2 Å². The molecule has 4 nitrogen and oxygen atoms in total. The van der Waals surface area contributed by atoms with E-state index in [9.17, 15) is 0 Å². The van der Waals surface area contributed by atoms with Crippen molar-refractivity contribution in [3.63, 3.8) is 0 Å². The third kappa shape index (κ3) is 2.06. The quantitative estimate of drug-likeness (QED) is 0.858. The van der Waals surface area contributed by atoms with Crippen LogP contribution >= 0.6 is 11.3 Å². The summed E-state index contributed by atoms with van der Waals surface area (Å²) in [6, 6.07) is 4.01. The zero-order valence-electron chi connectivity index (χ0n) is 10.1. The highest BCUT2D eigenvalue weighted by atomic mass is 32.1. The minimum Gasteiger partial charge on any atom is -0.496 e. The van der Waals surface area contributed by atoms with Crippen molar-refractivity contribution >= 4 is 21.5 Å². The summed E-state index contributed by atoms with van der Waals surface area (Å²) < 4.78 is 5.28. The predicted molar refractivity (Wildman–Crippen MR) is 72.4 cm³/mol. The molecule has 1 aromatic heterocycles. The molecule has 90 valence electrons. The van der Waals surface area contributed by atoms with E-state index in [-0.39, 0.29) is 0 Å². The van der Waals surface area contributed by atoms with Crippen LogP contribution in [0.3, 0.4) is 0 Å². The number of nitrogens with two attached hydrogens (primary N) is 2. The van der Waals surface area contributed by atoms with E-state index in [0.717, 1.165) is 28.1 Å². The standard InChI is InChI=1S/C12H15N3OS/c1-6-5-9(16-3)7(2)4-8(6)10-11(13)17-12(14)15-10/h4-5H,13H2,1-3H3,(H2,14,15). The fourth-order valence-electron chi connectivity index (χ4n) is 1.81. The van der Waals surface area contributed by atoms with E-state index in [1.54, 1.807) is 7.11 Å². The molecule has 0 aliphatic heterocycles. The van der Waals surface area contributed by atoms with Crippen molar-refractivity contribution in [2.45, 2.75) is 13.8 Å². The van der Waals surface area contributed by atoms with E-state index in [0.29, 0.717) is 10.1 Å². The number of ether oxygens (including phenoxy) is 1. The molecule has 0 atom stereocenters. The van der Waals surface area contributed by atoms with Gasteiger partial charge in [0.2, 0.25) is 0 Å². The van der Waals surface area contributed by atoms with Gasteiger partial charge in [-0.2, -0.15) is 0 Å². The van der Waals surface area contributed by atoms with Crippen molar-refractivity contribution in [2.24, 2.45) is 0 Å². The third-order valence-electron chi connectivity index (χ3n) is 2.67. The average Bonchev–Trinajstić information content (AvgIpc) is 2.60. The van der Waals surface area contributed by atoms with Gasteiger partial charge in [0.15, 0.2) is 5.13 Å². The first kappa shape index (κ1) is 11.7. The lowest BCUT2D eigenvalue weighted by Gasteiger charge is -2.10. The number of anilines is 2. The van der Waals surface area contributed by atoms with Crippen molar-refractivity contribution in [1.29, 1.82) is 0 Å². The van der Waals surface area contributed by atoms with Crippen molar-refractivity contribution in [2.75, 3.05) is 18.6 Å². The molecule has 0 aliphatic carbocycles. The maximum atomic E-state index is 5.91. The number of nitrogens with zero attached hydrogens (tertiary/aromatic N) is 1. The molecule has 0 aliphatic rings. The van der Waals surface area contributed by atoms with Crippen LogP contribution in [0.5, 0.6) is 5.75 Å². The fourth-order valence-corrected chi connectivity index (χ4v) is 2.42. The maximum absolute atomic E-state index is 5.91. The lowest BCUT2D eigenvalue weighted by atomic mass is 10.0. The molecule has 5 heteroatoms. The molecule has 0 amide bonds. The Balaban J connectivity index is 2.60. The summed E-state index contributed by atoms with van der Waals surface area (Å²) in [6.45, 7) is 4.00. The molecular weight excluding hydrogens is 234 g/mol. The van der Waals surface area contributed by atoms with E-state index >= 15 is 0 Å². The summed E-state index contributed by atoms with van der Waals surface area (Å²) in [5.74, 6) is 0.869. The van der Waals surface area contributed by atoms with Gasteiger partial charge in [0, 0.05) is 5.56 Å². The van der Waals surface area contributed by atoms with Crippen LogP contribution < -0.4 is 16.2 Å². The van der Waals surface area contributed by atoms with Crippen LogP contribution in [0.15, 0.2) is 12.1 Å². The Morgan fingerprint density at radius 1 is 1.18 bits per heavy atom. The zero-order chi connectivity index (χ0) is 12.6. The number of methoxy groups -OCH3 is 1. The number of aryl methyl sites for hydroxylation is 2. The first-order valence-corrected chi connectivity index (χ1v) is 6.02. The minimum absolute atomic E-state index is 0.491. The normalized spacial score (nSPS) is 10.5. The first-order valence-electron chi connectivity index (χ1n) is 5.20. The molecule has 2 rings (SSSR count). The van der Waals surface area contributed by atoms with Crippen molar-refractivity contribution in [3.05, 3.63) is 23.3 Å². The minimum atomic E-state index is 0.491. The fraction of sp³-hybridized carbons (Fsp3) is 0.250. The number of aromatic nitrogens is 1.